The summed E-state index contributed by atoms with van der Waals surface area (Å²) in [4.78, 5) is 13.9. The van der Waals surface area contributed by atoms with Gasteiger partial charge in [-0.3, -0.25) is 4.79 Å². The van der Waals surface area contributed by atoms with Gasteiger partial charge in [-0.2, -0.15) is 0 Å². The summed E-state index contributed by atoms with van der Waals surface area (Å²) >= 11 is 0. The molecule has 2 atom stereocenters. The Morgan fingerprint density at radius 3 is 2.17 bits per heavy atom. The van der Waals surface area contributed by atoms with Gasteiger partial charge in [0.15, 0.2) is 0 Å². The number of amides is 1. The second-order valence-electron chi connectivity index (χ2n) is 6.90. The lowest BCUT2D eigenvalue weighted by molar-refractivity contribution is -0.138. The summed E-state index contributed by atoms with van der Waals surface area (Å²) in [5.41, 5.74) is 0.342. The molecule has 1 unspecified atom stereocenters. The molecule has 1 fully saturated rings. The van der Waals surface area contributed by atoms with Gasteiger partial charge in [-0.25, -0.2) is 0 Å². The van der Waals surface area contributed by atoms with E-state index in [1.807, 2.05) is 4.90 Å². The van der Waals surface area contributed by atoms with Crippen molar-refractivity contribution < 1.29 is 9.90 Å². The first-order chi connectivity index (χ1) is 8.27. The van der Waals surface area contributed by atoms with Crippen molar-refractivity contribution in [3.05, 3.63) is 0 Å². The molecule has 0 bridgehead atoms. The fourth-order valence-corrected chi connectivity index (χ4v) is 2.72. The minimum absolute atomic E-state index is 0.0445. The molecular weight excluding hydrogens is 226 g/mol. The molecule has 3 nitrogen and oxygen atoms in total. The van der Waals surface area contributed by atoms with Gasteiger partial charge in [0.25, 0.3) is 0 Å². The van der Waals surface area contributed by atoms with Crippen molar-refractivity contribution in [2.75, 3.05) is 19.7 Å². The highest BCUT2D eigenvalue weighted by molar-refractivity contribution is 5.78. The van der Waals surface area contributed by atoms with Crippen LogP contribution < -0.4 is 0 Å². The van der Waals surface area contributed by atoms with E-state index in [4.69, 9.17) is 5.11 Å². The lowest BCUT2D eigenvalue weighted by Crippen LogP contribution is -2.44. The van der Waals surface area contributed by atoms with Gasteiger partial charge in [-0.1, -0.05) is 34.6 Å². The van der Waals surface area contributed by atoms with Gasteiger partial charge in [-0.05, 0) is 30.1 Å². The third-order valence-corrected chi connectivity index (χ3v) is 4.62. The molecule has 18 heavy (non-hydrogen) atoms. The van der Waals surface area contributed by atoms with Gasteiger partial charge >= 0.3 is 0 Å². The van der Waals surface area contributed by atoms with Crippen molar-refractivity contribution in [2.24, 2.45) is 23.2 Å². The normalized spacial score (nSPS) is 21.8. The number of likely N-dealkylation sites (tertiary alicyclic amines) is 1. The van der Waals surface area contributed by atoms with Crippen molar-refractivity contribution in [3.8, 4) is 0 Å². The van der Waals surface area contributed by atoms with E-state index >= 15 is 0 Å². The Kier molecular flexibility index (Phi) is 5.20. The number of aliphatic hydroxyl groups is 1. The van der Waals surface area contributed by atoms with Crippen molar-refractivity contribution in [3.63, 3.8) is 0 Å². The molecule has 1 amide bonds. The zero-order valence-corrected chi connectivity index (χ0v) is 12.6. The highest BCUT2D eigenvalue weighted by Crippen LogP contribution is 2.37. The summed E-state index contributed by atoms with van der Waals surface area (Å²) in [5.74, 6) is 1.27. The molecule has 0 saturated carbocycles. The van der Waals surface area contributed by atoms with Gasteiger partial charge in [0, 0.05) is 13.1 Å². The second kappa shape index (κ2) is 6.05. The average molecular weight is 255 g/mol. The molecule has 0 radical (unpaired) electrons. The van der Waals surface area contributed by atoms with Crippen LogP contribution in [0.15, 0.2) is 0 Å². The molecule has 106 valence electrons. The topological polar surface area (TPSA) is 40.5 Å². The fourth-order valence-electron chi connectivity index (χ4n) is 2.72. The summed E-state index contributed by atoms with van der Waals surface area (Å²) < 4.78 is 0. The van der Waals surface area contributed by atoms with Crippen molar-refractivity contribution >= 4 is 5.91 Å². The molecule has 1 aliphatic rings. The van der Waals surface area contributed by atoms with Crippen LogP contribution in [-0.4, -0.2) is 35.6 Å². The minimum atomic E-state index is -0.249. The van der Waals surface area contributed by atoms with Crippen LogP contribution in [0.3, 0.4) is 0 Å². The molecule has 0 spiro atoms. The zero-order chi connectivity index (χ0) is 13.9. The predicted molar refractivity (Wildman–Crippen MR) is 74.2 cm³/mol. The summed E-state index contributed by atoms with van der Waals surface area (Å²) in [6.07, 6.45) is 2.20. The van der Waals surface area contributed by atoms with Crippen molar-refractivity contribution in [1.82, 2.24) is 4.90 Å². The third-order valence-electron chi connectivity index (χ3n) is 4.62. The van der Waals surface area contributed by atoms with E-state index < -0.39 is 0 Å². The molecule has 0 aromatic heterocycles. The first-order valence-electron chi connectivity index (χ1n) is 7.17. The molecular formula is C15H29NO2. The summed E-state index contributed by atoms with van der Waals surface area (Å²) in [6.45, 7) is 12.7. The van der Waals surface area contributed by atoms with Crippen LogP contribution >= 0.6 is 0 Å². The lowest BCUT2D eigenvalue weighted by Gasteiger charge is -2.40. The van der Waals surface area contributed by atoms with Gasteiger partial charge < -0.3 is 10.0 Å². The van der Waals surface area contributed by atoms with Gasteiger partial charge in [0.2, 0.25) is 5.91 Å². The monoisotopic (exact) mass is 255 g/mol. The highest BCUT2D eigenvalue weighted by Gasteiger charge is 2.32. The largest absolute Gasteiger partial charge is 0.396 e. The molecule has 1 rings (SSSR count). The number of carbonyl (C=O) groups excluding carboxylic acids is 1. The number of carbonyl (C=O) groups is 1. The SMILES string of the molecule is CC(CO)C(=O)N1CCC([C@@H](C)C(C)(C)C)CC1. The van der Waals surface area contributed by atoms with Crippen LogP contribution in [0.25, 0.3) is 0 Å². The number of rotatable bonds is 3. The van der Waals surface area contributed by atoms with Crippen LogP contribution in [0.1, 0.15) is 47.5 Å². The zero-order valence-electron chi connectivity index (χ0n) is 12.6. The van der Waals surface area contributed by atoms with E-state index in [0.29, 0.717) is 11.3 Å². The maximum absolute atomic E-state index is 12.0. The Morgan fingerprint density at radius 2 is 1.78 bits per heavy atom. The maximum Gasteiger partial charge on any atom is 0.227 e. The van der Waals surface area contributed by atoms with Gasteiger partial charge in [0.1, 0.15) is 0 Å². The molecule has 3 heteroatoms. The Bertz CT molecular complexity index is 275. The number of hydrogen-bond acceptors (Lipinski definition) is 2. The smallest absolute Gasteiger partial charge is 0.227 e. The Labute approximate surface area is 112 Å². The summed E-state index contributed by atoms with van der Waals surface area (Å²) in [5, 5.41) is 9.04. The summed E-state index contributed by atoms with van der Waals surface area (Å²) in [7, 11) is 0. The van der Waals surface area contributed by atoms with E-state index in [9.17, 15) is 4.79 Å². The fraction of sp³-hybridized carbons (Fsp3) is 0.933. The molecule has 1 heterocycles. The predicted octanol–water partition coefficient (Wildman–Crippen LogP) is 2.54. The molecule has 0 aromatic rings. The molecule has 0 aliphatic carbocycles. The number of aliphatic hydroxyl groups excluding tert-OH is 1. The van der Waals surface area contributed by atoms with Crippen LogP contribution in [0.5, 0.6) is 0 Å². The van der Waals surface area contributed by atoms with Gasteiger partial charge in [-0.15, -0.1) is 0 Å². The average Bonchev–Trinajstić information content (AvgIpc) is 2.35. The Hall–Kier alpha value is -0.570. The standard InChI is InChI=1S/C15H29NO2/c1-11(10-17)14(18)16-8-6-13(7-9-16)12(2)15(3,4)5/h11-13,17H,6-10H2,1-5H3/t11?,12-/m1/s1. The van der Waals surface area contributed by atoms with Crippen molar-refractivity contribution in [1.29, 1.82) is 0 Å². The number of hydrogen-bond donors (Lipinski definition) is 1. The van der Waals surface area contributed by atoms with Crippen LogP contribution in [0.4, 0.5) is 0 Å². The Balaban J connectivity index is 2.49. The van der Waals surface area contributed by atoms with E-state index in [1.54, 1.807) is 6.92 Å². The third kappa shape index (κ3) is 3.71. The van der Waals surface area contributed by atoms with E-state index in [1.165, 1.54) is 0 Å². The number of piperidine rings is 1. The quantitative estimate of drug-likeness (QED) is 0.842. The molecule has 1 N–H and O–H groups in total. The number of nitrogens with zero attached hydrogens (tertiary/aromatic N) is 1. The van der Waals surface area contributed by atoms with Crippen LogP contribution in [-0.2, 0) is 4.79 Å². The first kappa shape index (κ1) is 15.5. The molecule has 0 aromatic carbocycles. The van der Waals surface area contributed by atoms with E-state index in [0.717, 1.165) is 31.8 Å². The van der Waals surface area contributed by atoms with Crippen LogP contribution in [0.2, 0.25) is 0 Å². The van der Waals surface area contributed by atoms with E-state index in [2.05, 4.69) is 27.7 Å². The maximum atomic E-state index is 12.0. The summed E-state index contributed by atoms with van der Waals surface area (Å²) in [6, 6.07) is 0. The van der Waals surface area contributed by atoms with Crippen LogP contribution in [0, 0.1) is 23.2 Å². The Morgan fingerprint density at radius 1 is 1.28 bits per heavy atom. The van der Waals surface area contributed by atoms with E-state index in [-0.39, 0.29) is 18.4 Å². The molecule has 1 aliphatic heterocycles. The highest BCUT2D eigenvalue weighted by atomic mass is 16.3. The minimum Gasteiger partial charge on any atom is -0.396 e. The van der Waals surface area contributed by atoms with Gasteiger partial charge in [0.05, 0.1) is 12.5 Å². The molecule has 1 saturated heterocycles. The lowest BCUT2D eigenvalue weighted by atomic mass is 9.71. The second-order valence-corrected chi connectivity index (χ2v) is 6.90. The van der Waals surface area contributed by atoms with Crippen molar-refractivity contribution in [2.45, 2.75) is 47.5 Å². The first-order valence-corrected chi connectivity index (χ1v) is 7.17.